The fraction of sp³-hybridized carbons (Fsp3) is 0.250. The van der Waals surface area contributed by atoms with Crippen molar-refractivity contribution in [3.63, 3.8) is 0 Å². The Morgan fingerprint density at radius 2 is 2.08 bits per heavy atom. The number of aryl methyl sites for hydroxylation is 2. The molecule has 6 nitrogen and oxygen atoms in total. The first-order valence-electron chi connectivity index (χ1n) is 8.73. The number of carbonyl (C=O) groups is 1. The topological polar surface area (TPSA) is 79.8 Å². The van der Waals surface area contributed by atoms with Crippen LogP contribution >= 0.6 is 0 Å². The van der Waals surface area contributed by atoms with Crippen LogP contribution < -0.4 is 10.9 Å². The van der Waals surface area contributed by atoms with Crippen LogP contribution in [-0.2, 0) is 12.8 Å². The van der Waals surface area contributed by atoms with Gasteiger partial charge in [-0.1, -0.05) is 23.8 Å². The number of pyridine rings is 1. The standard InChI is InChI=1S/C20H20N4O2/c1-13-4-7-16(8-5-13)24-19(25)12-18(23-24)20(26)22-15-6-9-17-14(11-15)3-2-10-21-17/h2-5,7-8,10,12,15,23H,6,9,11H2,1H3,(H,22,26). The molecule has 2 aromatic heterocycles. The number of benzene rings is 1. The Kier molecular flexibility index (Phi) is 4.16. The zero-order valence-electron chi connectivity index (χ0n) is 14.5. The Morgan fingerprint density at radius 3 is 2.88 bits per heavy atom. The van der Waals surface area contributed by atoms with E-state index in [0.29, 0.717) is 5.69 Å². The van der Waals surface area contributed by atoms with Crippen molar-refractivity contribution >= 4 is 5.91 Å². The molecule has 4 rings (SSSR count). The Labute approximate surface area is 150 Å². The zero-order valence-corrected chi connectivity index (χ0v) is 14.5. The van der Waals surface area contributed by atoms with Gasteiger partial charge in [-0.25, -0.2) is 4.68 Å². The van der Waals surface area contributed by atoms with Crippen LogP contribution in [0.25, 0.3) is 5.69 Å². The monoisotopic (exact) mass is 348 g/mol. The van der Waals surface area contributed by atoms with Gasteiger partial charge in [0.2, 0.25) is 0 Å². The number of fused-ring (bicyclic) bond motifs is 1. The van der Waals surface area contributed by atoms with Crippen LogP contribution in [0.4, 0.5) is 0 Å². The van der Waals surface area contributed by atoms with E-state index in [1.807, 2.05) is 37.3 Å². The molecule has 1 aliphatic carbocycles. The second-order valence-corrected chi connectivity index (χ2v) is 6.70. The van der Waals surface area contributed by atoms with Gasteiger partial charge in [0.25, 0.3) is 11.5 Å². The van der Waals surface area contributed by atoms with Crippen LogP contribution in [0, 0.1) is 6.92 Å². The smallest absolute Gasteiger partial charge is 0.271 e. The van der Waals surface area contributed by atoms with Gasteiger partial charge >= 0.3 is 0 Å². The van der Waals surface area contributed by atoms with Gasteiger partial charge < -0.3 is 5.32 Å². The van der Waals surface area contributed by atoms with Crippen LogP contribution in [-0.4, -0.2) is 26.7 Å². The molecule has 26 heavy (non-hydrogen) atoms. The molecule has 1 unspecified atom stereocenters. The summed E-state index contributed by atoms with van der Waals surface area (Å²) in [4.78, 5) is 29.2. The first kappa shape index (κ1) is 16.3. The van der Waals surface area contributed by atoms with Gasteiger partial charge in [0.1, 0.15) is 5.69 Å². The second-order valence-electron chi connectivity index (χ2n) is 6.70. The minimum absolute atomic E-state index is 0.0467. The summed E-state index contributed by atoms with van der Waals surface area (Å²) in [6.45, 7) is 1.98. The molecule has 2 heterocycles. The average molecular weight is 348 g/mol. The molecule has 1 atom stereocenters. The quantitative estimate of drug-likeness (QED) is 0.761. The minimum Gasteiger partial charge on any atom is -0.348 e. The first-order chi connectivity index (χ1) is 12.6. The van der Waals surface area contributed by atoms with E-state index in [1.165, 1.54) is 16.3 Å². The molecule has 3 aromatic rings. The molecule has 0 radical (unpaired) electrons. The largest absolute Gasteiger partial charge is 0.348 e. The van der Waals surface area contributed by atoms with Gasteiger partial charge in [0, 0.05) is 24.0 Å². The molecule has 0 saturated heterocycles. The predicted molar refractivity (Wildman–Crippen MR) is 98.6 cm³/mol. The summed E-state index contributed by atoms with van der Waals surface area (Å²) in [5, 5.41) is 5.93. The summed E-state index contributed by atoms with van der Waals surface area (Å²) in [5.74, 6) is -0.259. The number of hydrogen-bond acceptors (Lipinski definition) is 3. The lowest BCUT2D eigenvalue weighted by Gasteiger charge is -2.24. The van der Waals surface area contributed by atoms with Crippen molar-refractivity contribution in [1.29, 1.82) is 0 Å². The van der Waals surface area contributed by atoms with E-state index in [1.54, 1.807) is 6.20 Å². The van der Waals surface area contributed by atoms with E-state index in [9.17, 15) is 9.59 Å². The highest BCUT2D eigenvalue weighted by atomic mass is 16.2. The predicted octanol–water partition coefficient (Wildman–Crippen LogP) is 2.16. The second kappa shape index (κ2) is 6.63. The molecule has 6 heteroatoms. The lowest BCUT2D eigenvalue weighted by Crippen LogP contribution is -2.39. The van der Waals surface area contributed by atoms with Crippen molar-refractivity contribution in [3.8, 4) is 5.69 Å². The van der Waals surface area contributed by atoms with Crippen LogP contribution in [0.15, 0.2) is 53.5 Å². The molecule has 0 fully saturated rings. The van der Waals surface area contributed by atoms with E-state index >= 15 is 0 Å². The summed E-state index contributed by atoms with van der Waals surface area (Å²) >= 11 is 0. The molecule has 132 valence electrons. The van der Waals surface area contributed by atoms with Gasteiger partial charge in [0.15, 0.2) is 0 Å². The van der Waals surface area contributed by atoms with Gasteiger partial charge in [-0.05, 0) is 49.9 Å². The Bertz CT molecular complexity index is 1000. The Balaban J connectivity index is 1.50. The number of hydrogen-bond donors (Lipinski definition) is 2. The highest BCUT2D eigenvalue weighted by Gasteiger charge is 2.22. The minimum atomic E-state index is -0.259. The normalized spacial score (nSPS) is 16.1. The fourth-order valence-corrected chi connectivity index (χ4v) is 3.34. The fourth-order valence-electron chi connectivity index (χ4n) is 3.34. The summed E-state index contributed by atoms with van der Waals surface area (Å²) in [7, 11) is 0. The summed E-state index contributed by atoms with van der Waals surface area (Å²) < 4.78 is 1.38. The highest BCUT2D eigenvalue weighted by Crippen LogP contribution is 2.19. The van der Waals surface area contributed by atoms with Crippen molar-refractivity contribution in [3.05, 3.63) is 81.5 Å². The molecule has 1 aromatic carbocycles. The first-order valence-corrected chi connectivity index (χ1v) is 8.73. The average Bonchev–Trinajstić information content (AvgIpc) is 3.04. The van der Waals surface area contributed by atoms with Crippen molar-refractivity contribution in [2.24, 2.45) is 0 Å². The van der Waals surface area contributed by atoms with Gasteiger partial charge in [0.05, 0.1) is 5.69 Å². The molecule has 2 N–H and O–H groups in total. The highest BCUT2D eigenvalue weighted by molar-refractivity contribution is 5.92. The number of carbonyl (C=O) groups excluding carboxylic acids is 1. The van der Waals surface area contributed by atoms with E-state index < -0.39 is 0 Å². The third-order valence-corrected chi connectivity index (χ3v) is 4.77. The van der Waals surface area contributed by atoms with Crippen LogP contribution in [0.3, 0.4) is 0 Å². The lowest BCUT2D eigenvalue weighted by atomic mass is 9.92. The summed E-state index contributed by atoms with van der Waals surface area (Å²) in [6.07, 6.45) is 4.26. The molecule has 0 spiro atoms. The van der Waals surface area contributed by atoms with Crippen molar-refractivity contribution in [2.75, 3.05) is 0 Å². The maximum atomic E-state index is 12.6. The Morgan fingerprint density at radius 1 is 1.27 bits per heavy atom. The number of nitrogens with one attached hydrogen (secondary N) is 2. The number of amides is 1. The number of aromatic amines is 1. The molecular weight excluding hydrogens is 328 g/mol. The molecule has 0 saturated carbocycles. The Hall–Kier alpha value is -3.15. The number of nitrogens with zero attached hydrogens (tertiary/aromatic N) is 2. The zero-order chi connectivity index (χ0) is 18.1. The maximum Gasteiger partial charge on any atom is 0.271 e. The van der Waals surface area contributed by atoms with Crippen LogP contribution in [0.5, 0.6) is 0 Å². The van der Waals surface area contributed by atoms with Gasteiger partial charge in [-0.3, -0.25) is 19.7 Å². The molecule has 1 aliphatic rings. The third kappa shape index (κ3) is 3.18. The number of rotatable bonds is 3. The van der Waals surface area contributed by atoms with Crippen LogP contribution in [0.2, 0.25) is 0 Å². The van der Waals surface area contributed by atoms with E-state index in [0.717, 1.165) is 30.5 Å². The molecule has 0 aliphatic heterocycles. The SMILES string of the molecule is Cc1ccc(-n2[nH]c(C(=O)NC3CCc4ncccc4C3)cc2=O)cc1. The number of aromatic nitrogens is 3. The van der Waals surface area contributed by atoms with Crippen molar-refractivity contribution in [1.82, 2.24) is 20.1 Å². The molecular formula is C20H20N4O2. The van der Waals surface area contributed by atoms with Gasteiger partial charge in [-0.15, -0.1) is 0 Å². The van der Waals surface area contributed by atoms with E-state index in [-0.39, 0.29) is 23.2 Å². The molecule has 1 amide bonds. The summed E-state index contributed by atoms with van der Waals surface area (Å²) in [6, 6.07) is 12.9. The molecule has 0 bridgehead atoms. The van der Waals surface area contributed by atoms with Crippen molar-refractivity contribution in [2.45, 2.75) is 32.2 Å². The third-order valence-electron chi connectivity index (χ3n) is 4.77. The maximum absolute atomic E-state index is 12.6. The lowest BCUT2D eigenvalue weighted by molar-refractivity contribution is 0.0928. The van der Waals surface area contributed by atoms with Gasteiger partial charge in [-0.2, -0.15) is 0 Å². The van der Waals surface area contributed by atoms with E-state index in [2.05, 4.69) is 21.5 Å². The van der Waals surface area contributed by atoms with Crippen LogP contribution in [0.1, 0.15) is 33.7 Å². The van der Waals surface area contributed by atoms with Crippen molar-refractivity contribution < 1.29 is 4.79 Å². The summed E-state index contributed by atoms with van der Waals surface area (Å²) in [5.41, 5.74) is 4.12. The van der Waals surface area contributed by atoms with E-state index in [4.69, 9.17) is 0 Å². The number of H-pyrrole nitrogens is 1.